The summed E-state index contributed by atoms with van der Waals surface area (Å²) in [6, 6.07) is 9.13. The highest BCUT2D eigenvalue weighted by Crippen LogP contribution is 2.25. The Morgan fingerprint density at radius 1 is 1.18 bits per heavy atom. The van der Waals surface area contributed by atoms with Gasteiger partial charge in [-0.15, -0.1) is 5.10 Å². The zero-order valence-electron chi connectivity index (χ0n) is 19.0. The lowest BCUT2D eigenvalue weighted by molar-refractivity contribution is 0.274. The summed E-state index contributed by atoms with van der Waals surface area (Å²) in [5, 5.41) is 9.15. The van der Waals surface area contributed by atoms with E-state index in [-0.39, 0.29) is 13.2 Å². The van der Waals surface area contributed by atoms with E-state index >= 15 is 0 Å². The van der Waals surface area contributed by atoms with Gasteiger partial charge in [-0.1, -0.05) is 30.7 Å². The third kappa shape index (κ3) is 4.23. The van der Waals surface area contributed by atoms with Crippen LogP contribution in [0, 0.1) is 5.92 Å². The molecule has 0 radical (unpaired) electrons. The molecule has 3 aromatic heterocycles. The number of hydrogen-bond acceptors (Lipinski definition) is 6. The molecule has 0 bridgehead atoms. The number of rotatable bonds is 6. The average molecular weight is 481 g/mol. The number of nitrogens with zero attached hydrogens (tertiary/aromatic N) is 5. The predicted octanol–water partition coefficient (Wildman–Crippen LogP) is 3.10. The third-order valence-corrected chi connectivity index (χ3v) is 6.52. The van der Waals surface area contributed by atoms with E-state index in [1.165, 1.54) is 10.1 Å². The van der Waals surface area contributed by atoms with E-state index in [1.54, 1.807) is 16.7 Å². The van der Waals surface area contributed by atoms with E-state index in [0.29, 0.717) is 40.4 Å². The van der Waals surface area contributed by atoms with Crippen molar-refractivity contribution in [3.05, 3.63) is 78.8 Å². The van der Waals surface area contributed by atoms with Gasteiger partial charge >= 0.3 is 5.69 Å². The fraction of sp³-hybridized carbons (Fsp3) is 0.375. The number of H-pyrrole nitrogens is 1. The molecule has 9 nitrogen and oxygen atoms in total. The Hall–Kier alpha value is -3.46. The summed E-state index contributed by atoms with van der Waals surface area (Å²) in [6.45, 7) is 4.98. The van der Waals surface area contributed by atoms with Gasteiger partial charge in [-0.3, -0.25) is 14.3 Å². The maximum atomic E-state index is 12.7. The lowest BCUT2D eigenvalue weighted by Gasteiger charge is -2.20. The van der Waals surface area contributed by atoms with Crippen LogP contribution >= 0.6 is 11.6 Å². The molecule has 0 amide bonds. The number of hydrogen-bond donors (Lipinski definition) is 1. The van der Waals surface area contributed by atoms with E-state index in [4.69, 9.17) is 16.3 Å². The summed E-state index contributed by atoms with van der Waals surface area (Å²) in [4.78, 5) is 32.4. The van der Waals surface area contributed by atoms with Gasteiger partial charge in [-0.05, 0) is 55.4 Å². The molecule has 1 N–H and O–H groups in total. The zero-order chi connectivity index (χ0) is 23.8. The molecule has 10 heteroatoms. The van der Waals surface area contributed by atoms with Crippen LogP contribution in [0.15, 0.2) is 39.9 Å². The Balaban J connectivity index is 1.49. The number of benzene rings is 1. The summed E-state index contributed by atoms with van der Waals surface area (Å²) in [5.41, 5.74) is 2.72. The van der Waals surface area contributed by atoms with Crippen molar-refractivity contribution in [2.75, 3.05) is 0 Å². The summed E-state index contributed by atoms with van der Waals surface area (Å²) in [6.07, 6.45) is 3.01. The Bertz CT molecular complexity index is 1470. The first-order valence-electron chi connectivity index (χ1n) is 11.4. The van der Waals surface area contributed by atoms with Crippen molar-refractivity contribution in [3.63, 3.8) is 0 Å². The van der Waals surface area contributed by atoms with Crippen molar-refractivity contribution in [3.8, 4) is 5.88 Å². The van der Waals surface area contributed by atoms with E-state index in [0.717, 1.165) is 30.5 Å². The highest BCUT2D eigenvalue weighted by Gasteiger charge is 2.20. The smallest absolute Gasteiger partial charge is 0.330 e. The second-order valence-corrected chi connectivity index (χ2v) is 9.14. The largest absolute Gasteiger partial charge is 0.468 e. The molecule has 176 valence electrons. The molecular formula is C24H25ClN6O3. The molecule has 3 heterocycles. The monoisotopic (exact) mass is 480 g/mol. The number of ether oxygens (including phenoxy) is 1. The van der Waals surface area contributed by atoms with Crippen molar-refractivity contribution in [2.45, 2.75) is 52.8 Å². The first-order valence-corrected chi connectivity index (χ1v) is 11.8. The van der Waals surface area contributed by atoms with Crippen LogP contribution in [0.4, 0.5) is 0 Å². The number of halogens is 1. The molecule has 1 atom stereocenters. The first-order chi connectivity index (χ1) is 16.4. The van der Waals surface area contributed by atoms with Crippen LogP contribution in [0.5, 0.6) is 5.88 Å². The van der Waals surface area contributed by atoms with Crippen LogP contribution in [0.3, 0.4) is 0 Å². The number of imidazole rings is 1. The molecular weight excluding hydrogens is 456 g/mol. The SMILES string of the molecule is CCn1c(COc2cc3c(nn2)CCC(C)C3)nc2c1c(=O)[nH]c(=O)n2Cc1ccc(Cl)cc1. The predicted molar refractivity (Wildman–Crippen MR) is 128 cm³/mol. The second kappa shape index (κ2) is 9.06. The molecule has 1 aliphatic carbocycles. The van der Waals surface area contributed by atoms with Crippen molar-refractivity contribution >= 4 is 22.8 Å². The Morgan fingerprint density at radius 2 is 1.97 bits per heavy atom. The van der Waals surface area contributed by atoms with Gasteiger partial charge in [0.15, 0.2) is 11.2 Å². The highest BCUT2D eigenvalue weighted by molar-refractivity contribution is 6.30. The fourth-order valence-corrected chi connectivity index (χ4v) is 4.61. The minimum absolute atomic E-state index is 0.0973. The summed E-state index contributed by atoms with van der Waals surface area (Å²) >= 11 is 5.98. The van der Waals surface area contributed by atoms with Gasteiger partial charge in [0.05, 0.1) is 12.2 Å². The zero-order valence-corrected chi connectivity index (χ0v) is 19.8. The molecule has 0 aliphatic heterocycles. The van der Waals surface area contributed by atoms with Crippen LogP contribution in [-0.4, -0.2) is 29.3 Å². The normalized spacial score (nSPS) is 15.4. The second-order valence-electron chi connectivity index (χ2n) is 8.71. The maximum Gasteiger partial charge on any atom is 0.330 e. The van der Waals surface area contributed by atoms with Crippen LogP contribution in [0.25, 0.3) is 11.2 Å². The molecule has 0 saturated heterocycles. The topological polar surface area (TPSA) is 108 Å². The van der Waals surface area contributed by atoms with Crippen molar-refractivity contribution < 1.29 is 4.74 Å². The van der Waals surface area contributed by atoms with Gasteiger partial charge in [0.25, 0.3) is 5.56 Å². The molecule has 1 aliphatic rings. The van der Waals surface area contributed by atoms with Gasteiger partial charge in [0.2, 0.25) is 5.88 Å². The number of aromatic amines is 1. The third-order valence-electron chi connectivity index (χ3n) is 6.26. The molecule has 0 fully saturated rings. The molecule has 1 aromatic carbocycles. The number of fused-ring (bicyclic) bond motifs is 2. The maximum absolute atomic E-state index is 12.7. The van der Waals surface area contributed by atoms with E-state index in [9.17, 15) is 9.59 Å². The Kier molecular flexibility index (Phi) is 5.95. The van der Waals surface area contributed by atoms with Gasteiger partial charge < -0.3 is 9.30 Å². The van der Waals surface area contributed by atoms with Crippen LogP contribution in [0.1, 0.15) is 42.9 Å². The van der Waals surface area contributed by atoms with Crippen molar-refractivity contribution in [2.24, 2.45) is 5.92 Å². The lowest BCUT2D eigenvalue weighted by atomic mass is 9.88. The molecule has 0 spiro atoms. The minimum atomic E-state index is -0.518. The minimum Gasteiger partial charge on any atom is -0.468 e. The molecule has 0 saturated carbocycles. The number of nitrogens with one attached hydrogen (secondary N) is 1. The van der Waals surface area contributed by atoms with Gasteiger partial charge in [0.1, 0.15) is 12.4 Å². The molecule has 34 heavy (non-hydrogen) atoms. The van der Waals surface area contributed by atoms with Gasteiger partial charge in [0, 0.05) is 17.6 Å². The number of aromatic nitrogens is 6. The summed E-state index contributed by atoms with van der Waals surface area (Å²) < 4.78 is 9.15. The first kappa shape index (κ1) is 22.3. The van der Waals surface area contributed by atoms with Gasteiger partial charge in [-0.25, -0.2) is 9.78 Å². The lowest BCUT2D eigenvalue weighted by Crippen LogP contribution is -2.31. The summed E-state index contributed by atoms with van der Waals surface area (Å²) in [5.74, 6) is 1.57. The van der Waals surface area contributed by atoms with E-state index in [1.807, 2.05) is 25.1 Å². The Labute approximate surface area is 200 Å². The molecule has 4 aromatic rings. The van der Waals surface area contributed by atoms with E-state index in [2.05, 4.69) is 27.1 Å². The number of aryl methyl sites for hydroxylation is 2. The van der Waals surface area contributed by atoms with Crippen LogP contribution < -0.4 is 16.0 Å². The average Bonchev–Trinajstić information content (AvgIpc) is 3.20. The van der Waals surface area contributed by atoms with Crippen molar-refractivity contribution in [1.29, 1.82) is 0 Å². The standard InChI is InChI=1S/C24H25ClN6O3/c1-3-30-19(13-34-20-11-16-10-14(2)4-9-18(16)28-29-20)26-22-21(30)23(32)27-24(33)31(22)12-15-5-7-17(25)8-6-15/h5-8,11,14H,3-4,9-10,12-13H2,1-2H3,(H,27,32,33). The Morgan fingerprint density at radius 3 is 2.74 bits per heavy atom. The summed E-state index contributed by atoms with van der Waals surface area (Å²) in [7, 11) is 0. The van der Waals surface area contributed by atoms with Gasteiger partial charge in [-0.2, -0.15) is 5.10 Å². The fourth-order valence-electron chi connectivity index (χ4n) is 4.48. The van der Waals surface area contributed by atoms with E-state index < -0.39 is 11.2 Å². The van der Waals surface area contributed by atoms with Crippen LogP contribution in [0.2, 0.25) is 5.02 Å². The van der Waals surface area contributed by atoms with Crippen molar-refractivity contribution in [1.82, 2.24) is 29.3 Å². The van der Waals surface area contributed by atoms with Crippen LogP contribution in [-0.2, 0) is 32.5 Å². The molecule has 5 rings (SSSR count). The highest BCUT2D eigenvalue weighted by atomic mass is 35.5. The molecule has 1 unspecified atom stereocenters. The quantitative estimate of drug-likeness (QED) is 0.454.